The fraction of sp³-hybridized carbons (Fsp3) is 0.400. The van der Waals surface area contributed by atoms with Gasteiger partial charge in [-0.25, -0.2) is 14.2 Å². The highest BCUT2D eigenvalue weighted by Crippen LogP contribution is 2.16. The number of halogens is 1. The second kappa shape index (κ2) is 5.41. The molecule has 1 aromatic rings. The van der Waals surface area contributed by atoms with E-state index in [0.29, 0.717) is 13.1 Å². The Morgan fingerprint density at radius 2 is 2.38 bits per heavy atom. The van der Waals surface area contributed by atoms with E-state index in [1.165, 1.54) is 0 Å². The van der Waals surface area contributed by atoms with Gasteiger partial charge in [0.25, 0.3) is 0 Å². The summed E-state index contributed by atoms with van der Waals surface area (Å²) in [5, 5.41) is 11.9. The SMILES string of the molecule is CNCCN(C)c1ncc(F)cc1C(=O)O. The van der Waals surface area contributed by atoms with Crippen molar-refractivity contribution in [3.05, 3.63) is 23.6 Å². The van der Waals surface area contributed by atoms with E-state index in [2.05, 4.69) is 10.3 Å². The number of rotatable bonds is 5. The number of hydrogen-bond donors (Lipinski definition) is 2. The molecule has 1 heterocycles. The monoisotopic (exact) mass is 227 g/mol. The Morgan fingerprint density at radius 1 is 1.69 bits per heavy atom. The van der Waals surface area contributed by atoms with E-state index in [-0.39, 0.29) is 11.4 Å². The molecule has 16 heavy (non-hydrogen) atoms. The zero-order chi connectivity index (χ0) is 12.1. The Bertz CT molecular complexity index is 384. The highest BCUT2D eigenvalue weighted by molar-refractivity contribution is 5.93. The second-order valence-electron chi connectivity index (χ2n) is 3.35. The maximum absolute atomic E-state index is 12.9. The summed E-state index contributed by atoms with van der Waals surface area (Å²) >= 11 is 0. The first-order valence-corrected chi connectivity index (χ1v) is 4.81. The zero-order valence-corrected chi connectivity index (χ0v) is 9.20. The number of aromatic nitrogens is 1. The van der Waals surface area contributed by atoms with Crippen LogP contribution in [0.4, 0.5) is 10.2 Å². The van der Waals surface area contributed by atoms with E-state index in [1.54, 1.807) is 19.0 Å². The lowest BCUT2D eigenvalue weighted by Crippen LogP contribution is -2.29. The fourth-order valence-electron chi connectivity index (χ4n) is 1.28. The minimum Gasteiger partial charge on any atom is -0.478 e. The van der Waals surface area contributed by atoms with Crippen molar-refractivity contribution in [2.45, 2.75) is 0 Å². The normalized spacial score (nSPS) is 10.2. The molecule has 0 fully saturated rings. The highest BCUT2D eigenvalue weighted by Gasteiger charge is 2.15. The summed E-state index contributed by atoms with van der Waals surface area (Å²) in [5.41, 5.74) is -0.126. The number of carboxylic acids is 1. The van der Waals surface area contributed by atoms with Gasteiger partial charge in [0.1, 0.15) is 17.2 Å². The van der Waals surface area contributed by atoms with E-state index >= 15 is 0 Å². The lowest BCUT2D eigenvalue weighted by atomic mass is 10.2. The van der Waals surface area contributed by atoms with Crippen LogP contribution < -0.4 is 10.2 Å². The lowest BCUT2D eigenvalue weighted by molar-refractivity contribution is 0.0696. The average molecular weight is 227 g/mol. The summed E-state index contributed by atoms with van der Waals surface area (Å²) < 4.78 is 12.9. The van der Waals surface area contributed by atoms with Gasteiger partial charge in [-0.3, -0.25) is 0 Å². The van der Waals surface area contributed by atoms with Gasteiger partial charge >= 0.3 is 5.97 Å². The van der Waals surface area contributed by atoms with Crippen LogP contribution in [0.2, 0.25) is 0 Å². The molecule has 6 heteroatoms. The maximum Gasteiger partial charge on any atom is 0.339 e. The van der Waals surface area contributed by atoms with Gasteiger partial charge in [0.2, 0.25) is 0 Å². The third-order valence-electron chi connectivity index (χ3n) is 2.12. The summed E-state index contributed by atoms with van der Waals surface area (Å²) in [7, 11) is 3.51. The Balaban J connectivity index is 2.98. The number of nitrogens with zero attached hydrogens (tertiary/aromatic N) is 2. The summed E-state index contributed by atoms with van der Waals surface area (Å²) in [6.07, 6.45) is 1.01. The van der Waals surface area contributed by atoms with Gasteiger partial charge in [-0.15, -0.1) is 0 Å². The van der Waals surface area contributed by atoms with Crippen LogP contribution in [0.15, 0.2) is 12.3 Å². The van der Waals surface area contributed by atoms with Crippen LogP contribution in [0, 0.1) is 5.82 Å². The van der Waals surface area contributed by atoms with Crippen LogP contribution in [0.3, 0.4) is 0 Å². The number of pyridine rings is 1. The Labute approximate surface area is 92.9 Å². The summed E-state index contributed by atoms with van der Waals surface area (Å²) in [6, 6.07) is 0.973. The number of carboxylic acid groups (broad SMARTS) is 1. The first-order chi connectivity index (χ1) is 7.56. The highest BCUT2D eigenvalue weighted by atomic mass is 19.1. The van der Waals surface area contributed by atoms with Crippen LogP contribution >= 0.6 is 0 Å². The second-order valence-corrected chi connectivity index (χ2v) is 3.35. The number of nitrogens with one attached hydrogen (secondary N) is 1. The van der Waals surface area contributed by atoms with E-state index in [0.717, 1.165) is 12.3 Å². The van der Waals surface area contributed by atoms with Gasteiger partial charge in [0.15, 0.2) is 0 Å². The minimum absolute atomic E-state index is 0.126. The molecule has 0 aliphatic carbocycles. The molecule has 0 aliphatic heterocycles. The number of aromatic carboxylic acids is 1. The molecule has 0 aromatic carbocycles. The van der Waals surface area contributed by atoms with Crippen molar-refractivity contribution in [3.63, 3.8) is 0 Å². The van der Waals surface area contributed by atoms with Gasteiger partial charge in [-0.2, -0.15) is 0 Å². The zero-order valence-electron chi connectivity index (χ0n) is 9.20. The van der Waals surface area contributed by atoms with Crippen molar-refractivity contribution in [2.75, 3.05) is 32.1 Å². The van der Waals surface area contributed by atoms with Gasteiger partial charge in [-0.05, 0) is 13.1 Å². The maximum atomic E-state index is 12.9. The number of carbonyl (C=O) groups is 1. The molecule has 0 radical (unpaired) electrons. The van der Waals surface area contributed by atoms with Gasteiger partial charge in [0, 0.05) is 20.1 Å². The van der Waals surface area contributed by atoms with Crippen molar-refractivity contribution < 1.29 is 14.3 Å². The first kappa shape index (κ1) is 12.4. The Kier molecular flexibility index (Phi) is 4.19. The van der Waals surface area contributed by atoms with Gasteiger partial charge in [-0.1, -0.05) is 0 Å². The topological polar surface area (TPSA) is 65.5 Å². The first-order valence-electron chi connectivity index (χ1n) is 4.81. The predicted octanol–water partition coefficient (Wildman–Crippen LogP) is 0.574. The molecule has 0 saturated carbocycles. The van der Waals surface area contributed by atoms with E-state index in [4.69, 9.17) is 5.11 Å². The van der Waals surface area contributed by atoms with E-state index in [1.807, 2.05) is 0 Å². The molecule has 5 nitrogen and oxygen atoms in total. The molecule has 1 aromatic heterocycles. The number of likely N-dealkylation sites (N-methyl/N-ethyl adjacent to an activating group) is 2. The molecule has 0 unspecified atom stereocenters. The van der Waals surface area contributed by atoms with Gasteiger partial charge < -0.3 is 15.3 Å². The molecular weight excluding hydrogens is 213 g/mol. The summed E-state index contributed by atoms with van der Waals surface area (Å²) in [4.78, 5) is 16.4. The number of anilines is 1. The quantitative estimate of drug-likeness (QED) is 0.770. The predicted molar refractivity (Wildman–Crippen MR) is 58.4 cm³/mol. The Morgan fingerprint density at radius 3 is 2.94 bits per heavy atom. The van der Waals surface area contributed by atoms with Crippen molar-refractivity contribution in [1.29, 1.82) is 0 Å². The van der Waals surface area contributed by atoms with Crippen LogP contribution in [0.1, 0.15) is 10.4 Å². The average Bonchev–Trinajstić information content (AvgIpc) is 2.25. The summed E-state index contributed by atoms with van der Waals surface area (Å²) in [6.45, 7) is 1.28. The molecule has 2 N–H and O–H groups in total. The third-order valence-corrected chi connectivity index (χ3v) is 2.12. The third kappa shape index (κ3) is 2.90. The molecule has 0 amide bonds. The van der Waals surface area contributed by atoms with Crippen LogP contribution in [-0.2, 0) is 0 Å². The molecule has 0 saturated heterocycles. The standard InChI is InChI=1S/C10H14FN3O2/c1-12-3-4-14(2)9-8(10(15)16)5-7(11)6-13-9/h5-6,12H,3-4H2,1-2H3,(H,15,16). The smallest absolute Gasteiger partial charge is 0.339 e. The fourth-order valence-corrected chi connectivity index (χ4v) is 1.28. The molecule has 0 bridgehead atoms. The van der Waals surface area contributed by atoms with Crippen LogP contribution in [-0.4, -0.2) is 43.2 Å². The molecule has 0 aliphatic rings. The Hall–Kier alpha value is -1.69. The summed E-state index contributed by atoms with van der Waals surface area (Å²) in [5.74, 6) is -1.56. The van der Waals surface area contributed by atoms with Crippen LogP contribution in [0.5, 0.6) is 0 Å². The van der Waals surface area contributed by atoms with Crippen LogP contribution in [0.25, 0.3) is 0 Å². The van der Waals surface area contributed by atoms with E-state index < -0.39 is 11.8 Å². The largest absolute Gasteiger partial charge is 0.478 e. The molecular formula is C10H14FN3O2. The van der Waals surface area contributed by atoms with Crippen molar-refractivity contribution in [1.82, 2.24) is 10.3 Å². The van der Waals surface area contributed by atoms with Crippen molar-refractivity contribution in [2.24, 2.45) is 0 Å². The molecule has 0 atom stereocenters. The lowest BCUT2D eigenvalue weighted by Gasteiger charge is -2.19. The molecule has 88 valence electrons. The van der Waals surface area contributed by atoms with Gasteiger partial charge in [0.05, 0.1) is 6.20 Å². The van der Waals surface area contributed by atoms with Crippen molar-refractivity contribution >= 4 is 11.8 Å². The minimum atomic E-state index is -1.18. The van der Waals surface area contributed by atoms with E-state index in [9.17, 15) is 9.18 Å². The number of hydrogen-bond acceptors (Lipinski definition) is 4. The van der Waals surface area contributed by atoms with Crippen molar-refractivity contribution in [3.8, 4) is 0 Å². The molecule has 0 spiro atoms. The molecule has 1 rings (SSSR count).